The number of nitrogens with one attached hydrogen (secondary N) is 1. The molecule has 2 N–H and O–H groups in total. The summed E-state index contributed by atoms with van der Waals surface area (Å²) in [7, 11) is 0. The third-order valence-corrected chi connectivity index (χ3v) is 2.44. The third kappa shape index (κ3) is 4.42. The second kappa shape index (κ2) is 6.89. The summed E-state index contributed by atoms with van der Waals surface area (Å²) in [5, 5.41) is 21.7. The summed E-state index contributed by atoms with van der Waals surface area (Å²) >= 11 is 0. The molecule has 0 aliphatic heterocycles. The van der Waals surface area contributed by atoms with Crippen LogP contribution in [0.3, 0.4) is 0 Å². The molecule has 0 spiro atoms. The molecule has 1 aromatic carbocycles. The number of benzene rings is 1. The first kappa shape index (κ1) is 15.2. The standard InChI is InChI=1S/C13H12N2O5/c1-2-4-11(13(17)18)14-12(16)8-9-5-3-6-10(7-9)15(19)20/h1,3,5-7,11H,4,8H2,(H,14,16)(H,17,18)/t11-/m1/s1. The van der Waals surface area contributed by atoms with Gasteiger partial charge in [0, 0.05) is 18.6 Å². The van der Waals surface area contributed by atoms with Gasteiger partial charge < -0.3 is 10.4 Å². The number of nitro groups is 1. The van der Waals surface area contributed by atoms with Crippen LogP contribution in [0.25, 0.3) is 0 Å². The van der Waals surface area contributed by atoms with E-state index in [1.165, 1.54) is 18.2 Å². The van der Waals surface area contributed by atoms with Crippen molar-refractivity contribution in [2.24, 2.45) is 0 Å². The molecule has 1 rings (SSSR count). The molecule has 0 unspecified atom stereocenters. The van der Waals surface area contributed by atoms with Gasteiger partial charge in [-0.3, -0.25) is 14.9 Å². The van der Waals surface area contributed by atoms with E-state index in [2.05, 4.69) is 11.2 Å². The van der Waals surface area contributed by atoms with Crippen LogP contribution in [0.1, 0.15) is 12.0 Å². The second-order valence-corrected chi connectivity index (χ2v) is 3.97. The lowest BCUT2D eigenvalue weighted by atomic mass is 10.1. The van der Waals surface area contributed by atoms with Crippen LogP contribution >= 0.6 is 0 Å². The first-order chi connectivity index (χ1) is 9.43. The zero-order valence-electron chi connectivity index (χ0n) is 10.4. The van der Waals surface area contributed by atoms with Crippen LogP contribution in [-0.2, 0) is 16.0 Å². The number of amides is 1. The van der Waals surface area contributed by atoms with Crippen molar-refractivity contribution in [3.8, 4) is 12.3 Å². The van der Waals surface area contributed by atoms with Crippen molar-refractivity contribution in [3.05, 3.63) is 39.9 Å². The Kier molecular flexibility index (Phi) is 5.23. The molecular formula is C13H12N2O5. The number of carbonyl (C=O) groups is 2. The molecule has 0 aromatic heterocycles. The molecule has 0 heterocycles. The largest absolute Gasteiger partial charge is 0.480 e. The van der Waals surface area contributed by atoms with E-state index >= 15 is 0 Å². The van der Waals surface area contributed by atoms with Crippen LogP contribution in [0.5, 0.6) is 0 Å². The van der Waals surface area contributed by atoms with Crippen molar-refractivity contribution in [1.82, 2.24) is 5.32 Å². The molecule has 0 aliphatic carbocycles. The summed E-state index contributed by atoms with van der Waals surface area (Å²) in [6.07, 6.45) is 4.72. The minimum Gasteiger partial charge on any atom is -0.480 e. The fraction of sp³-hybridized carbons (Fsp3) is 0.231. The molecule has 0 aliphatic rings. The molecule has 0 saturated carbocycles. The molecule has 1 amide bonds. The zero-order valence-corrected chi connectivity index (χ0v) is 10.4. The topological polar surface area (TPSA) is 110 Å². The molecule has 0 radical (unpaired) electrons. The van der Waals surface area contributed by atoms with E-state index in [1.54, 1.807) is 6.07 Å². The Hall–Kier alpha value is -2.88. The lowest BCUT2D eigenvalue weighted by Gasteiger charge is -2.11. The number of carboxylic acid groups (broad SMARTS) is 1. The predicted molar refractivity (Wildman–Crippen MR) is 69.8 cm³/mol. The molecule has 0 bridgehead atoms. The number of aliphatic carboxylic acids is 1. The maximum atomic E-state index is 11.7. The molecule has 7 heteroatoms. The first-order valence-electron chi connectivity index (χ1n) is 5.63. The molecule has 0 fully saturated rings. The molecule has 20 heavy (non-hydrogen) atoms. The van der Waals surface area contributed by atoms with Gasteiger partial charge in [0.2, 0.25) is 5.91 Å². The number of hydrogen-bond donors (Lipinski definition) is 2. The SMILES string of the molecule is C#CC[C@@H](NC(=O)Cc1cccc([N+](=O)[O-])c1)C(=O)O. The summed E-state index contributed by atoms with van der Waals surface area (Å²) in [5.41, 5.74) is 0.287. The van der Waals surface area contributed by atoms with Crippen LogP contribution in [0, 0.1) is 22.5 Å². The van der Waals surface area contributed by atoms with Crippen molar-refractivity contribution in [2.45, 2.75) is 18.9 Å². The van der Waals surface area contributed by atoms with Gasteiger partial charge in [0.1, 0.15) is 6.04 Å². The Labute approximate surface area is 114 Å². The minimum atomic E-state index is -1.23. The maximum absolute atomic E-state index is 11.7. The van der Waals surface area contributed by atoms with Gasteiger partial charge in [0.15, 0.2) is 0 Å². The van der Waals surface area contributed by atoms with Crippen LogP contribution < -0.4 is 5.32 Å². The lowest BCUT2D eigenvalue weighted by Crippen LogP contribution is -2.41. The quantitative estimate of drug-likeness (QED) is 0.452. The highest BCUT2D eigenvalue weighted by molar-refractivity contribution is 5.85. The Morgan fingerprint density at radius 3 is 2.75 bits per heavy atom. The van der Waals surface area contributed by atoms with Crippen molar-refractivity contribution in [3.63, 3.8) is 0 Å². The van der Waals surface area contributed by atoms with Crippen LogP contribution in [0.15, 0.2) is 24.3 Å². The minimum absolute atomic E-state index is 0.129. The molecular weight excluding hydrogens is 264 g/mol. The summed E-state index contributed by atoms with van der Waals surface area (Å²) in [4.78, 5) is 32.5. The van der Waals surface area contributed by atoms with E-state index < -0.39 is 22.8 Å². The van der Waals surface area contributed by atoms with E-state index in [4.69, 9.17) is 11.5 Å². The molecule has 7 nitrogen and oxygen atoms in total. The van der Waals surface area contributed by atoms with Crippen molar-refractivity contribution < 1.29 is 19.6 Å². The predicted octanol–water partition coefficient (Wildman–Crippen LogP) is 0.730. The van der Waals surface area contributed by atoms with Gasteiger partial charge in [-0.1, -0.05) is 12.1 Å². The number of carboxylic acids is 1. The third-order valence-electron chi connectivity index (χ3n) is 2.44. The lowest BCUT2D eigenvalue weighted by molar-refractivity contribution is -0.384. The van der Waals surface area contributed by atoms with E-state index in [1.807, 2.05) is 0 Å². The van der Waals surface area contributed by atoms with Gasteiger partial charge in [-0.2, -0.15) is 0 Å². The van der Waals surface area contributed by atoms with Crippen molar-refractivity contribution in [1.29, 1.82) is 0 Å². The van der Waals surface area contributed by atoms with Gasteiger partial charge in [-0.25, -0.2) is 4.79 Å². The van der Waals surface area contributed by atoms with Crippen LogP contribution in [-0.4, -0.2) is 27.9 Å². The Morgan fingerprint density at radius 1 is 1.50 bits per heavy atom. The number of non-ortho nitro benzene ring substituents is 1. The smallest absolute Gasteiger partial charge is 0.327 e. The highest BCUT2D eigenvalue weighted by Crippen LogP contribution is 2.13. The van der Waals surface area contributed by atoms with E-state index in [0.717, 1.165) is 0 Å². The van der Waals surface area contributed by atoms with Gasteiger partial charge in [-0.15, -0.1) is 12.3 Å². The number of carbonyl (C=O) groups excluding carboxylic acids is 1. The Bertz CT molecular complexity index is 576. The van der Waals surface area contributed by atoms with Crippen molar-refractivity contribution in [2.75, 3.05) is 0 Å². The normalized spacial score (nSPS) is 11.2. The van der Waals surface area contributed by atoms with E-state index in [0.29, 0.717) is 5.56 Å². The summed E-state index contributed by atoms with van der Waals surface area (Å²) in [6.45, 7) is 0. The molecule has 104 valence electrons. The first-order valence-corrected chi connectivity index (χ1v) is 5.63. The van der Waals surface area contributed by atoms with Gasteiger partial charge in [0.25, 0.3) is 5.69 Å². The van der Waals surface area contributed by atoms with Gasteiger partial charge >= 0.3 is 5.97 Å². The van der Waals surface area contributed by atoms with Crippen LogP contribution in [0.4, 0.5) is 5.69 Å². The van der Waals surface area contributed by atoms with E-state index in [9.17, 15) is 19.7 Å². The average Bonchev–Trinajstić information content (AvgIpc) is 2.38. The number of hydrogen-bond acceptors (Lipinski definition) is 4. The summed E-state index contributed by atoms with van der Waals surface area (Å²) < 4.78 is 0. The molecule has 1 atom stereocenters. The van der Waals surface area contributed by atoms with Gasteiger partial charge in [0.05, 0.1) is 11.3 Å². The highest BCUT2D eigenvalue weighted by Gasteiger charge is 2.19. The van der Waals surface area contributed by atoms with Gasteiger partial charge in [-0.05, 0) is 5.56 Å². The number of nitrogens with zero attached hydrogens (tertiary/aromatic N) is 1. The molecule has 1 aromatic rings. The molecule has 0 saturated heterocycles. The van der Waals surface area contributed by atoms with Crippen LogP contribution in [0.2, 0.25) is 0 Å². The van der Waals surface area contributed by atoms with Crippen molar-refractivity contribution >= 4 is 17.6 Å². The highest BCUT2D eigenvalue weighted by atomic mass is 16.6. The Morgan fingerprint density at radius 2 is 2.20 bits per heavy atom. The number of terminal acetylenes is 1. The fourth-order valence-corrected chi connectivity index (χ4v) is 1.53. The monoisotopic (exact) mass is 276 g/mol. The summed E-state index contributed by atoms with van der Waals surface area (Å²) in [5.74, 6) is 0.369. The second-order valence-electron chi connectivity index (χ2n) is 3.97. The summed E-state index contributed by atoms with van der Waals surface area (Å²) in [6, 6.07) is 4.41. The Balaban J connectivity index is 2.71. The van der Waals surface area contributed by atoms with E-state index in [-0.39, 0.29) is 18.5 Å². The average molecular weight is 276 g/mol. The number of nitro benzene ring substituents is 1. The number of rotatable bonds is 6. The maximum Gasteiger partial charge on any atom is 0.327 e. The fourth-order valence-electron chi connectivity index (χ4n) is 1.53. The zero-order chi connectivity index (χ0) is 15.1.